The van der Waals surface area contributed by atoms with Gasteiger partial charge >= 0.3 is 5.95 Å². The Morgan fingerprint density at radius 1 is 1.11 bits per heavy atom. The van der Waals surface area contributed by atoms with E-state index in [-0.39, 0.29) is 10.5 Å². The Kier molecular flexibility index (Phi) is 7.80. The van der Waals surface area contributed by atoms with E-state index in [4.69, 9.17) is 9.72 Å². The van der Waals surface area contributed by atoms with E-state index >= 15 is 0 Å². The van der Waals surface area contributed by atoms with Crippen molar-refractivity contribution in [2.45, 2.75) is 102 Å². The van der Waals surface area contributed by atoms with Crippen LogP contribution in [0.15, 0.2) is 24.4 Å². The lowest BCUT2D eigenvalue weighted by atomic mass is 9.80. The molecule has 3 aromatic rings. The second-order valence-electron chi connectivity index (χ2n) is 11.9. The number of hydrogen-bond acceptors (Lipinski definition) is 5. The topological polar surface area (TPSA) is 58.9 Å². The van der Waals surface area contributed by atoms with Crippen LogP contribution < -0.4 is 9.30 Å². The Hall–Kier alpha value is -1.99. The molecule has 1 aliphatic carbocycles. The number of ketones is 1. The maximum atomic E-state index is 13.1. The van der Waals surface area contributed by atoms with Crippen LogP contribution in [0.4, 0.5) is 0 Å². The van der Waals surface area contributed by atoms with Crippen molar-refractivity contribution in [2.75, 3.05) is 7.11 Å². The Balaban J connectivity index is 1.69. The van der Waals surface area contributed by atoms with Crippen molar-refractivity contribution in [1.82, 2.24) is 9.97 Å². The molecule has 1 aromatic carbocycles. The van der Waals surface area contributed by atoms with Crippen molar-refractivity contribution in [2.24, 2.45) is 0 Å². The molecule has 0 fully saturated rings. The second-order valence-corrected chi connectivity index (χ2v) is 14.9. The van der Waals surface area contributed by atoms with Gasteiger partial charge in [-0.15, -0.1) is 0 Å². The SMILES string of the molecule is CCCCCC(C)(C)SSCc1c(C)c(OC)cc[n+]1-c1nc2cc3c(cc2[nH]1)C(C)(C)C(=O)C3(C)C. The van der Waals surface area contributed by atoms with E-state index in [1.807, 2.05) is 61.5 Å². The van der Waals surface area contributed by atoms with Gasteiger partial charge in [0.2, 0.25) is 0 Å². The third kappa shape index (κ3) is 5.18. The molecule has 200 valence electrons. The van der Waals surface area contributed by atoms with Gasteiger partial charge in [-0.2, -0.15) is 0 Å². The van der Waals surface area contributed by atoms with E-state index in [9.17, 15) is 4.79 Å². The minimum absolute atomic E-state index is 0.231. The number of nitrogens with one attached hydrogen (secondary N) is 1. The predicted molar refractivity (Wildman–Crippen MR) is 157 cm³/mol. The third-order valence-corrected chi connectivity index (χ3v) is 11.1. The molecule has 0 saturated carbocycles. The van der Waals surface area contributed by atoms with Crippen molar-refractivity contribution in [3.05, 3.63) is 46.8 Å². The molecule has 4 rings (SSSR count). The van der Waals surface area contributed by atoms with E-state index in [1.54, 1.807) is 7.11 Å². The molecule has 0 amide bonds. The number of H-pyrrole nitrogens is 1. The highest BCUT2D eigenvalue weighted by Crippen LogP contribution is 2.47. The molecule has 0 bridgehead atoms. The lowest BCUT2D eigenvalue weighted by Crippen LogP contribution is -2.37. The van der Waals surface area contributed by atoms with Gasteiger partial charge in [0, 0.05) is 27.2 Å². The maximum Gasteiger partial charge on any atom is 0.402 e. The number of fused-ring (bicyclic) bond motifs is 2. The van der Waals surface area contributed by atoms with Crippen molar-refractivity contribution in [3.8, 4) is 11.7 Å². The van der Waals surface area contributed by atoms with Crippen LogP contribution >= 0.6 is 21.6 Å². The number of rotatable bonds is 10. The monoisotopic (exact) mass is 540 g/mol. The van der Waals surface area contributed by atoms with Gasteiger partial charge in [-0.05, 0) is 78.1 Å². The summed E-state index contributed by atoms with van der Waals surface area (Å²) in [5.74, 6) is 2.77. The number of hydrogen-bond donors (Lipinski definition) is 1. The van der Waals surface area contributed by atoms with Crippen LogP contribution in [0.25, 0.3) is 17.0 Å². The molecule has 0 atom stereocenters. The molecule has 2 aromatic heterocycles. The van der Waals surface area contributed by atoms with Crippen LogP contribution in [-0.4, -0.2) is 27.6 Å². The van der Waals surface area contributed by atoms with Crippen LogP contribution in [0.3, 0.4) is 0 Å². The van der Waals surface area contributed by atoms with Crippen molar-refractivity contribution in [1.29, 1.82) is 0 Å². The largest absolute Gasteiger partial charge is 0.496 e. The number of aromatic amines is 1. The van der Waals surface area contributed by atoms with Gasteiger partial charge in [-0.3, -0.25) is 4.79 Å². The first-order valence-electron chi connectivity index (χ1n) is 13.3. The smallest absolute Gasteiger partial charge is 0.402 e. The molecule has 0 spiro atoms. The van der Waals surface area contributed by atoms with Crippen LogP contribution in [0.1, 0.15) is 96.5 Å². The molecule has 1 N–H and O–H groups in total. The number of unbranched alkanes of at least 4 members (excludes halogenated alkanes) is 2. The predicted octanol–water partition coefficient (Wildman–Crippen LogP) is 7.53. The first-order chi connectivity index (χ1) is 17.3. The molecule has 0 unspecified atom stereocenters. The molecular formula is C30H42N3O2S2+. The number of benzene rings is 1. The Morgan fingerprint density at radius 2 is 1.78 bits per heavy atom. The fraction of sp³-hybridized carbons (Fsp3) is 0.567. The first kappa shape index (κ1) is 28.0. The first-order valence-corrected chi connectivity index (χ1v) is 15.6. The Bertz CT molecular complexity index is 1270. The number of Topliss-reactive ketones (excluding diaryl/α,β-unsaturated/α-hetero) is 1. The van der Waals surface area contributed by atoms with Crippen molar-refractivity contribution < 1.29 is 14.1 Å². The number of pyridine rings is 1. The summed E-state index contributed by atoms with van der Waals surface area (Å²) in [5, 5.41) is 0. The highest BCUT2D eigenvalue weighted by atomic mass is 33.1. The number of imidazole rings is 1. The van der Waals surface area contributed by atoms with Crippen LogP contribution in [-0.2, 0) is 21.4 Å². The lowest BCUT2D eigenvalue weighted by Gasteiger charge is -2.23. The van der Waals surface area contributed by atoms with E-state index < -0.39 is 10.8 Å². The summed E-state index contributed by atoms with van der Waals surface area (Å²) >= 11 is 0. The molecule has 5 nitrogen and oxygen atoms in total. The molecule has 1 aliphatic rings. The second kappa shape index (κ2) is 10.3. The average molecular weight is 541 g/mol. The van der Waals surface area contributed by atoms with E-state index in [2.05, 4.69) is 49.4 Å². The van der Waals surface area contributed by atoms with Gasteiger partial charge in [-0.25, -0.2) is 9.55 Å². The number of carbonyl (C=O) groups is 1. The minimum atomic E-state index is -0.515. The summed E-state index contributed by atoms with van der Waals surface area (Å²) in [6.45, 7) is 17.2. The third-order valence-electron chi connectivity index (χ3n) is 7.87. The fourth-order valence-corrected chi connectivity index (χ4v) is 8.37. The summed E-state index contributed by atoms with van der Waals surface area (Å²) in [6, 6.07) is 6.24. The zero-order chi connectivity index (χ0) is 27.2. The standard InChI is InChI=1S/C30H42N3O2S2/c1-10-11-12-14-28(3,4)37-36-18-24-19(2)25(35-9)13-15-33(24)27-31-22-16-20-21(17-23(22)32-27)30(7,8)26(34)29(20,5)6/h13,15-17H,10-12,14,18H2,1-9H3,(H,31,32)/q+1. The normalized spacial score (nSPS) is 16.4. The van der Waals surface area contributed by atoms with Crippen LogP contribution in [0.5, 0.6) is 5.75 Å². The summed E-state index contributed by atoms with van der Waals surface area (Å²) in [6.07, 6.45) is 7.09. The Morgan fingerprint density at radius 3 is 2.43 bits per heavy atom. The molecule has 0 aliphatic heterocycles. The number of ether oxygens (including phenoxy) is 1. The molecular weight excluding hydrogens is 498 g/mol. The Labute approximate surface area is 230 Å². The highest BCUT2D eigenvalue weighted by Gasteiger charge is 2.50. The molecule has 0 saturated heterocycles. The number of nitrogens with zero attached hydrogens (tertiary/aromatic N) is 2. The van der Waals surface area contributed by atoms with E-state index in [0.29, 0.717) is 0 Å². The minimum Gasteiger partial charge on any atom is -0.496 e. The van der Waals surface area contributed by atoms with Gasteiger partial charge in [0.15, 0.2) is 11.3 Å². The average Bonchev–Trinajstić information content (AvgIpc) is 3.31. The number of aromatic nitrogens is 3. The van der Waals surface area contributed by atoms with E-state index in [0.717, 1.165) is 45.2 Å². The van der Waals surface area contributed by atoms with Gasteiger partial charge in [0.05, 0.1) is 19.1 Å². The summed E-state index contributed by atoms with van der Waals surface area (Å²) < 4.78 is 8.05. The molecule has 0 radical (unpaired) electrons. The van der Waals surface area contributed by atoms with Crippen LogP contribution in [0, 0.1) is 6.92 Å². The van der Waals surface area contributed by atoms with Gasteiger partial charge in [-0.1, -0.05) is 52.8 Å². The maximum absolute atomic E-state index is 13.1. The van der Waals surface area contributed by atoms with Crippen molar-refractivity contribution in [3.63, 3.8) is 0 Å². The van der Waals surface area contributed by atoms with Gasteiger partial charge < -0.3 is 4.74 Å². The van der Waals surface area contributed by atoms with Gasteiger partial charge in [0.1, 0.15) is 17.0 Å². The fourth-order valence-electron chi connectivity index (χ4n) is 5.58. The van der Waals surface area contributed by atoms with E-state index in [1.165, 1.54) is 31.4 Å². The van der Waals surface area contributed by atoms with Gasteiger partial charge in [0.25, 0.3) is 0 Å². The summed E-state index contributed by atoms with van der Waals surface area (Å²) in [5.41, 5.74) is 5.29. The number of methoxy groups -OCH3 is 1. The highest BCUT2D eigenvalue weighted by molar-refractivity contribution is 8.76. The lowest BCUT2D eigenvalue weighted by molar-refractivity contribution is -0.610. The summed E-state index contributed by atoms with van der Waals surface area (Å²) in [7, 11) is 5.59. The zero-order valence-electron chi connectivity index (χ0n) is 23.9. The molecule has 37 heavy (non-hydrogen) atoms. The summed E-state index contributed by atoms with van der Waals surface area (Å²) in [4.78, 5) is 21.7. The quantitative estimate of drug-likeness (QED) is 0.164. The molecule has 7 heteroatoms. The van der Waals surface area contributed by atoms with Crippen LogP contribution in [0.2, 0.25) is 0 Å². The zero-order valence-corrected chi connectivity index (χ0v) is 25.5. The number of carbonyl (C=O) groups excluding carboxylic acids is 1. The van der Waals surface area contributed by atoms with Crippen molar-refractivity contribution >= 4 is 38.4 Å². The molecule has 2 heterocycles.